The van der Waals surface area contributed by atoms with Gasteiger partial charge < -0.3 is 15.2 Å². The summed E-state index contributed by atoms with van der Waals surface area (Å²) in [4.78, 5) is 12.7. The molecule has 1 aliphatic carbocycles. The molecule has 1 fully saturated rings. The third-order valence-electron chi connectivity index (χ3n) is 6.03. The maximum atomic E-state index is 12.7. The van der Waals surface area contributed by atoms with Crippen LogP contribution in [0, 0.1) is 20.8 Å². The molecule has 24 heavy (non-hydrogen) atoms. The molecule has 4 heteroatoms. The molecule has 130 valence electrons. The molecule has 0 saturated heterocycles. The number of amides is 1. The van der Waals surface area contributed by atoms with Crippen molar-refractivity contribution in [2.45, 2.75) is 64.5 Å². The van der Waals surface area contributed by atoms with E-state index in [0.717, 1.165) is 29.5 Å². The smallest absolute Gasteiger partial charge is 0.256 e. The van der Waals surface area contributed by atoms with Crippen LogP contribution in [-0.2, 0) is 9.53 Å². The zero-order valence-electron chi connectivity index (χ0n) is 15.2. The standard InChI is InChI=1S/C20H27NO3/c1-12-10-14(3)15(11-13(12)2)16-17(22)20(21-18(16)23)8-6-19(4,24-5)7-9-20/h10-11,22H,6-9H2,1-5H3,(H,21,23). The Morgan fingerprint density at radius 1 is 1.04 bits per heavy atom. The second kappa shape index (κ2) is 5.62. The van der Waals surface area contributed by atoms with E-state index in [9.17, 15) is 9.90 Å². The molecule has 1 heterocycles. The molecule has 1 saturated carbocycles. The van der Waals surface area contributed by atoms with Gasteiger partial charge in [0.05, 0.1) is 16.7 Å². The van der Waals surface area contributed by atoms with Gasteiger partial charge in [-0.1, -0.05) is 12.1 Å². The Kier molecular flexibility index (Phi) is 3.99. The summed E-state index contributed by atoms with van der Waals surface area (Å²) >= 11 is 0. The van der Waals surface area contributed by atoms with Gasteiger partial charge in [-0.3, -0.25) is 4.79 Å². The number of benzene rings is 1. The van der Waals surface area contributed by atoms with E-state index in [0.29, 0.717) is 18.4 Å². The summed E-state index contributed by atoms with van der Waals surface area (Å²) in [6.45, 7) is 8.17. The number of methoxy groups -OCH3 is 1. The monoisotopic (exact) mass is 329 g/mol. The van der Waals surface area contributed by atoms with Crippen LogP contribution in [0.4, 0.5) is 0 Å². The van der Waals surface area contributed by atoms with Crippen LogP contribution in [0.5, 0.6) is 0 Å². The fourth-order valence-corrected chi connectivity index (χ4v) is 3.94. The number of rotatable bonds is 2. The Morgan fingerprint density at radius 3 is 2.21 bits per heavy atom. The molecule has 1 aromatic rings. The lowest BCUT2D eigenvalue weighted by Gasteiger charge is -2.42. The molecule has 0 atom stereocenters. The maximum Gasteiger partial charge on any atom is 0.256 e. The molecule has 0 radical (unpaired) electrons. The summed E-state index contributed by atoms with van der Waals surface area (Å²) in [5.41, 5.74) is 3.81. The van der Waals surface area contributed by atoms with Gasteiger partial charge in [-0.15, -0.1) is 0 Å². The number of hydrogen-bond acceptors (Lipinski definition) is 3. The van der Waals surface area contributed by atoms with E-state index in [4.69, 9.17) is 4.74 Å². The minimum absolute atomic E-state index is 0.167. The molecule has 3 rings (SSSR count). The number of hydrogen-bond donors (Lipinski definition) is 2. The van der Waals surface area contributed by atoms with Crippen molar-refractivity contribution in [2.75, 3.05) is 7.11 Å². The van der Waals surface area contributed by atoms with E-state index in [1.54, 1.807) is 7.11 Å². The quantitative estimate of drug-likeness (QED) is 0.869. The van der Waals surface area contributed by atoms with E-state index in [-0.39, 0.29) is 17.3 Å². The lowest BCUT2D eigenvalue weighted by Crippen LogP contribution is -2.51. The largest absolute Gasteiger partial charge is 0.509 e. The fraction of sp³-hybridized carbons (Fsp3) is 0.550. The first-order valence-corrected chi connectivity index (χ1v) is 8.61. The highest BCUT2D eigenvalue weighted by atomic mass is 16.5. The van der Waals surface area contributed by atoms with Crippen molar-refractivity contribution in [1.82, 2.24) is 5.32 Å². The molecule has 0 bridgehead atoms. The first-order valence-electron chi connectivity index (χ1n) is 8.61. The zero-order chi connectivity index (χ0) is 17.7. The SMILES string of the molecule is COC1(C)CCC2(CC1)NC(=O)C(c1cc(C)c(C)cc1C)=C2O. The second-order valence-electron chi connectivity index (χ2n) is 7.67. The van der Waals surface area contributed by atoms with Crippen LogP contribution >= 0.6 is 0 Å². The average Bonchev–Trinajstić information content (AvgIpc) is 2.78. The van der Waals surface area contributed by atoms with Gasteiger partial charge in [0.1, 0.15) is 5.76 Å². The fourth-order valence-electron chi connectivity index (χ4n) is 3.94. The summed E-state index contributed by atoms with van der Waals surface area (Å²) < 4.78 is 5.59. The highest BCUT2D eigenvalue weighted by Gasteiger charge is 2.50. The van der Waals surface area contributed by atoms with Crippen molar-refractivity contribution >= 4 is 11.5 Å². The number of ether oxygens (including phenoxy) is 1. The first-order chi connectivity index (χ1) is 11.2. The maximum absolute atomic E-state index is 12.7. The van der Waals surface area contributed by atoms with Gasteiger partial charge in [-0.05, 0) is 75.6 Å². The van der Waals surface area contributed by atoms with Crippen molar-refractivity contribution in [2.24, 2.45) is 0 Å². The van der Waals surface area contributed by atoms with Gasteiger partial charge in [0, 0.05) is 7.11 Å². The summed E-state index contributed by atoms with van der Waals surface area (Å²) in [5, 5.41) is 14.0. The molecular weight excluding hydrogens is 302 g/mol. The summed E-state index contributed by atoms with van der Waals surface area (Å²) in [7, 11) is 1.73. The van der Waals surface area contributed by atoms with E-state index < -0.39 is 5.54 Å². The Hall–Kier alpha value is -1.81. The number of aryl methyl sites for hydroxylation is 3. The second-order valence-corrected chi connectivity index (χ2v) is 7.67. The third kappa shape index (κ3) is 2.53. The molecule has 2 aliphatic rings. The number of carbonyl (C=O) groups excluding carboxylic acids is 1. The molecule has 1 amide bonds. The van der Waals surface area contributed by atoms with Crippen LogP contribution in [0.15, 0.2) is 17.9 Å². The zero-order valence-corrected chi connectivity index (χ0v) is 15.2. The van der Waals surface area contributed by atoms with Crippen LogP contribution in [0.25, 0.3) is 5.57 Å². The third-order valence-corrected chi connectivity index (χ3v) is 6.03. The molecule has 1 spiro atoms. The topological polar surface area (TPSA) is 58.6 Å². The van der Waals surface area contributed by atoms with Crippen molar-refractivity contribution in [3.05, 3.63) is 40.1 Å². The number of aliphatic hydroxyl groups is 1. The normalized spacial score (nSPS) is 30.1. The van der Waals surface area contributed by atoms with Crippen LogP contribution in [0.1, 0.15) is 54.9 Å². The average molecular weight is 329 g/mol. The number of aliphatic hydroxyl groups excluding tert-OH is 1. The van der Waals surface area contributed by atoms with E-state index in [2.05, 4.69) is 25.2 Å². The molecule has 2 N–H and O–H groups in total. The number of carbonyl (C=O) groups is 1. The minimum atomic E-state index is -0.629. The predicted molar refractivity (Wildman–Crippen MR) is 95.0 cm³/mol. The van der Waals surface area contributed by atoms with Gasteiger partial charge in [0.2, 0.25) is 0 Å². The van der Waals surface area contributed by atoms with Crippen molar-refractivity contribution in [1.29, 1.82) is 0 Å². The Morgan fingerprint density at radius 2 is 1.62 bits per heavy atom. The Balaban J connectivity index is 2.02. The molecular formula is C20H27NO3. The first kappa shape index (κ1) is 17.0. The molecule has 4 nitrogen and oxygen atoms in total. The molecule has 0 unspecified atom stereocenters. The van der Waals surface area contributed by atoms with E-state index in [1.807, 2.05) is 19.9 Å². The molecule has 0 aromatic heterocycles. The van der Waals surface area contributed by atoms with E-state index in [1.165, 1.54) is 5.56 Å². The van der Waals surface area contributed by atoms with Crippen LogP contribution < -0.4 is 5.32 Å². The number of nitrogens with one attached hydrogen (secondary N) is 1. The van der Waals surface area contributed by atoms with Gasteiger partial charge >= 0.3 is 0 Å². The molecule has 1 aromatic carbocycles. The highest BCUT2D eigenvalue weighted by molar-refractivity contribution is 6.23. The summed E-state index contributed by atoms with van der Waals surface area (Å²) in [5.74, 6) is 0.0388. The van der Waals surface area contributed by atoms with Gasteiger partial charge in [0.25, 0.3) is 5.91 Å². The van der Waals surface area contributed by atoms with Gasteiger partial charge in [-0.25, -0.2) is 0 Å². The van der Waals surface area contributed by atoms with Crippen molar-refractivity contribution in [3.8, 4) is 0 Å². The lowest BCUT2D eigenvalue weighted by atomic mass is 9.74. The molecule has 1 aliphatic heterocycles. The Bertz CT molecular complexity index is 725. The van der Waals surface area contributed by atoms with Crippen LogP contribution in [0.3, 0.4) is 0 Å². The highest BCUT2D eigenvalue weighted by Crippen LogP contribution is 2.45. The Labute approximate surface area is 143 Å². The van der Waals surface area contributed by atoms with Gasteiger partial charge in [0.15, 0.2) is 0 Å². The summed E-state index contributed by atoms with van der Waals surface area (Å²) in [6, 6.07) is 4.09. The van der Waals surface area contributed by atoms with Gasteiger partial charge in [-0.2, -0.15) is 0 Å². The minimum Gasteiger partial charge on any atom is -0.509 e. The lowest BCUT2D eigenvalue weighted by molar-refractivity contribution is -0.117. The van der Waals surface area contributed by atoms with Crippen LogP contribution in [0.2, 0.25) is 0 Å². The van der Waals surface area contributed by atoms with Crippen molar-refractivity contribution in [3.63, 3.8) is 0 Å². The van der Waals surface area contributed by atoms with Crippen molar-refractivity contribution < 1.29 is 14.6 Å². The summed E-state index contributed by atoms with van der Waals surface area (Å²) in [6.07, 6.45) is 3.02. The predicted octanol–water partition coefficient (Wildman–Crippen LogP) is 3.73. The van der Waals surface area contributed by atoms with Crippen LogP contribution in [-0.4, -0.2) is 29.3 Å². The van der Waals surface area contributed by atoms with E-state index >= 15 is 0 Å².